The van der Waals surface area contributed by atoms with Gasteiger partial charge in [0.05, 0.1) is 31.9 Å². The van der Waals surface area contributed by atoms with E-state index in [1.54, 1.807) is 12.1 Å². The first-order valence-electron chi connectivity index (χ1n) is 10.0. The van der Waals surface area contributed by atoms with E-state index in [1.807, 2.05) is 48.5 Å². The van der Waals surface area contributed by atoms with Crippen LogP contribution in [0.15, 0.2) is 72.8 Å². The molecule has 1 saturated heterocycles. The molecule has 2 atom stereocenters. The number of carbonyl (C=O) groups is 2. The van der Waals surface area contributed by atoms with Crippen molar-refractivity contribution in [2.45, 2.75) is 8.65 Å². The Hall–Kier alpha value is -2.52. The van der Waals surface area contributed by atoms with Crippen LogP contribution in [0.25, 0.3) is 0 Å². The van der Waals surface area contributed by atoms with Gasteiger partial charge in [0.25, 0.3) is 0 Å². The zero-order valence-electron chi connectivity index (χ0n) is 16.4. The second kappa shape index (κ2) is 6.51. The first-order chi connectivity index (χ1) is 15.3. The van der Waals surface area contributed by atoms with Crippen LogP contribution in [0, 0.1) is 17.0 Å². The highest BCUT2D eigenvalue weighted by Gasteiger charge is 2.72. The lowest BCUT2D eigenvalue weighted by Gasteiger charge is -2.55. The van der Waals surface area contributed by atoms with E-state index >= 15 is 0 Å². The van der Waals surface area contributed by atoms with Crippen molar-refractivity contribution in [2.24, 2.45) is 11.8 Å². The molecule has 7 rings (SSSR count). The number of alkyl halides is 2. The molecule has 0 aromatic heterocycles. The monoisotopic (exact) mass is 553 g/mol. The van der Waals surface area contributed by atoms with Crippen LogP contribution in [0.3, 0.4) is 0 Å². The van der Waals surface area contributed by atoms with E-state index in [9.17, 15) is 20.0 Å². The molecule has 8 heteroatoms. The normalized spacial score (nSPS) is 29.6. The number of anilines is 2. The van der Waals surface area contributed by atoms with Gasteiger partial charge in [-0.3, -0.25) is 14.8 Å². The number of para-hydroxylation sites is 2. The third-order valence-electron chi connectivity index (χ3n) is 6.91. The molecular formula is C24H15Br2N2O4-. The van der Waals surface area contributed by atoms with E-state index in [1.165, 1.54) is 12.1 Å². The van der Waals surface area contributed by atoms with Gasteiger partial charge in [-0.05, 0) is 34.4 Å². The molecule has 0 saturated carbocycles. The summed E-state index contributed by atoms with van der Waals surface area (Å²) in [5.41, 5.74) is 3.62. The molecule has 1 N–H and O–H groups in total. The van der Waals surface area contributed by atoms with Crippen molar-refractivity contribution in [1.82, 2.24) is 0 Å². The lowest BCUT2D eigenvalue weighted by Crippen LogP contribution is -2.56. The second-order valence-corrected chi connectivity index (χ2v) is 10.7. The van der Waals surface area contributed by atoms with Crippen molar-refractivity contribution < 1.29 is 14.8 Å². The molecule has 6 nitrogen and oxygen atoms in total. The highest BCUT2D eigenvalue weighted by Crippen LogP contribution is 2.71. The predicted octanol–water partition coefficient (Wildman–Crippen LogP) is 4.79. The number of halogens is 2. The van der Waals surface area contributed by atoms with E-state index in [0.717, 1.165) is 27.2 Å². The van der Waals surface area contributed by atoms with E-state index in [4.69, 9.17) is 0 Å². The largest absolute Gasteiger partial charge is 0.733 e. The van der Waals surface area contributed by atoms with Gasteiger partial charge in [-0.25, -0.2) is 4.90 Å². The van der Waals surface area contributed by atoms with Crippen molar-refractivity contribution >= 4 is 55.0 Å². The van der Waals surface area contributed by atoms with Crippen LogP contribution in [0.4, 0.5) is 11.4 Å². The van der Waals surface area contributed by atoms with Gasteiger partial charge in [-0.2, -0.15) is 0 Å². The first-order valence-corrected chi connectivity index (χ1v) is 11.6. The van der Waals surface area contributed by atoms with Crippen molar-refractivity contribution in [1.29, 1.82) is 0 Å². The van der Waals surface area contributed by atoms with E-state index < -0.39 is 32.3 Å². The molecule has 0 unspecified atom stereocenters. The maximum absolute atomic E-state index is 13.9. The van der Waals surface area contributed by atoms with Crippen molar-refractivity contribution in [2.75, 3.05) is 10.1 Å². The second-order valence-electron chi connectivity index (χ2n) is 8.24. The number of rotatable bonds is 2. The average molecular weight is 555 g/mol. The SMILES string of the molecule is O=C1[C@H]2[C@H](C(=O)N1c1ccccc1N([O-])O)C1(Br)c3ccccc3C2(Br)c2ccccc21. The third-order valence-corrected chi connectivity index (χ3v) is 9.61. The fourth-order valence-corrected chi connectivity index (χ4v) is 8.02. The summed E-state index contributed by atoms with van der Waals surface area (Å²) in [6, 6.07) is 21.7. The van der Waals surface area contributed by atoms with Gasteiger partial charge in [0, 0.05) is 0 Å². The maximum atomic E-state index is 13.9. The molecule has 1 aliphatic heterocycles. The first kappa shape index (κ1) is 20.1. The minimum atomic E-state index is -0.910. The Morgan fingerprint density at radius 2 is 1.12 bits per heavy atom. The van der Waals surface area contributed by atoms with Crippen LogP contribution in [0.1, 0.15) is 22.3 Å². The Morgan fingerprint density at radius 3 is 1.53 bits per heavy atom. The number of amides is 2. The van der Waals surface area contributed by atoms with Crippen LogP contribution in [-0.2, 0) is 18.2 Å². The third kappa shape index (κ3) is 2.16. The Kier molecular flexibility index (Phi) is 4.09. The summed E-state index contributed by atoms with van der Waals surface area (Å²) in [5.74, 6) is -2.32. The topological polar surface area (TPSA) is 83.9 Å². The van der Waals surface area contributed by atoms with Crippen LogP contribution >= 0.6 is 31.9 Å². The van der Waals surface area contributed by atoms with Gasteiger partial charge < -0.3 is 10.4 Å². The van der Waals surface area contributed by atoms with Gasteiger partial charge in [0.1, 0.15) is 0 Å². The summed E-state index contributed by atoms with van der Waals surface area (Å²) >= 11 is 7.87. The molecule has 0 radical (unpaired) electrons. The van der Waals surface area contributed by atoms with Crippen LogP contribution in [-0.4, -0.2) is 17.0 Å². The van der Waals surface area contributed by atoms with E-state index in [-0.39, 0.29) is 16.6 Å². The fraction of sp³-hybridized carbons (Fsp3) is 0.167. The van der Waals surface area contributed by atoms with Gasteiger partial charge in [-0.1, -0.05) is 92.5 Å². The number of hydrogen-bond donors (Lipinski definition) is 1. The molecule has 2 amide bonds. The summed E-state index contributed by atoms with van der Waals surface area (Å²) in [5, 5.41) is 21.1. The highest BCUT2D eigenvalue weighted by atomic mass is 79.9. The molecule has 3 aliphatic carbocycles. The number of carbonyl (C=O) groups excluding carboxylic acids is 2. The van der Waals surface area contributed by atoms with Crippen molar-refractivity contribution in [3.05, 3.63) is 100 Å². The van der Waals surface area contributed by atoms with Gasteiger partial charge in [0.15, 0.2) is 0 Å². The van der Waals surface area contributed by atoms with Crippen molar-refractivity contribution in [3.63, 3.8) is 0 Å². The number of benzene rings is 3. The van der Waals surface area contributed by atoms with Gasteiger partial charge in [-0.15, -0.1) is 0 Å². The number of nitrogens with zero attached hydrogens (tertiary/aromatic N) is 2. The van der Waals surface area contributed by atoms with E-state index in [0.29, 0.717) is 0 Å². The van der Waals surface area contributed by atoms with Crippen LogP contribution < -0.4 is 10.1 Å². The zero-order valence-corrected chi connectivity index (χ0v) is 19.6. The molecule has 4 aliphatic rings. The summed E-state index contributed by atoms with van der Waals surface area (Å²) in [6.45, 7) is 0. The summed E-state index contributed by atoms with van der Waals surface area (Å²) in [6.07, 6.45) is 0. The van der Waals surface area contributed by atoms with Crippen molar-refractivity contribution in [3.8, 4) is 0 Å². The standard InChI is InChI=1S/C24H15Br2N2O4/c25-23-13-7-1-2-8-14(13)24(26,16-10-4-3-9-15(16)23)20-19(23)21(29)27(22(20)30)17-11-5-6-12-18(17)28(31)32/h1-12,19-20,31H/q-1/t19-,20-,23?,24?/m1/s1. The zero-order chi connectivity index (χ0) is 22.4. The molecular weight excluding hydrogens is 540 g/mol. The quantitative estimate of drug-likeness (QED) is 0.280. The molecule has 3 aromatic rings. The number of imide groups is 1. The minimum absolute atomic E-state index is 0.0640. The molecule has 2 bridgehead atoms. The minimum Gasteiger partial charge on any atom is -0.733 e. The molecule has 32 heavy (non-hydrogen) atoms. The Balaban J connectivity index is 1.65. The average Bonchev–Trinajstić information content (AvgIpc) is 3.08. The molecule has 160 valence electrons. The Bertz CT molecular complexity index is 1200. The summed E-state index contributed by atoms with van der Waals surface area (Å²) in [7, 11) is 0. The lowest BCUT2D eigenvalue weighted by molar-refractivity contribution is -0.122. The number of hydrogen-bond acceptors (Lipinski definition) is 5. The van der Waals surface area contributed by atoms with Crippen LogP contribution in [0.5, 0.6) is 0 Å². The maximum Gasteiger partial charge on any atom is 0.239 e. The fourth-order valence-electron chi connectivity index (χ4n) is 5.72. The van der Waals surface area contributed by atoms with Gasteiger partial charge >= 0.3 is 0 Å². The van der Waals surface area contributed by atoms with E-state index in [2.05, 4.69) is 31.9 Å². The predicted molar refractivity (Wildman–Crippen MR) is 126 cm³/mol. The summed E-state index contributed by atoms with van der Waals surface area (Å²) in [4.78, 5) is 28.9. The Morgan fingerprint density at radius 1 is 0.750 bits per heavy atom. The lowest BCUT2D eigenvalue weighted by atomic mass is 9.54. The summed E-state index contributed by atoms with van der Waals surface area (Å²) < 4.78 is -1.82. The van der Waals surface area contributed by atoms with Gasteiger partial charge in [0.2, 0.25) is 11.8 Å². The molecule has 3 aromatic carbocycles. The molecule has 0 spiro atoms. The highest BCUT2D eigenvalue weighted by molar-refractivity contribution is 9.10. The molecule has 1 fully saturated rings. The smallest absolute Gasteiger partial charge is 0.239 e. The Labute approximate surface area is 200 Å². The molecule has 1 heterocycles. The van der Waals surface area contributed by atoms with Crippen LogP contribution in [0.2, 0.25) is 0 Å².